The van der Waals surface area contributed by atoms with Gasteiger partial charge in [0.15, 0.2) is 0 Å². The van der Waals surface area contributed by atoms with Crippen LogP contribution in [0.15, 0.2) is 36.4 Å². The molecule has 0 bridgehead atoms. The molecule has 112 valence electrons. The molecule has 0 saturated carbocycles. The van der Waals surface area contributed by atoms with Crippen LogP contribution in [0.4, 0.5) is 0 Å². The van der Waals surface area contributed by atoms with Crippen molar-refractivity contribution in [3.05, 3.63) is 42.0 Å². The van der Waals surface area contributed by atoms with Crippen LogP contribution in [0, 0.1) is 0 Å². The zero-order chi connectivity index (χ0) is 15.0. The predicted molar refractivity (Wildman–Crippen MR) is 84.8 cm³/mol. The number of hydrogen-bond acceptors (Lipinski definition) is 4. The van der Waals surface area contributed by atoms with Crippen molar-refractivity contribution >= 4 is 39.3 Å². The number of esters is 1. The van der Waals surface area contributed by atoms with E-state index in [1.807, 2.05) is 31.2 Å². The Labute approximate surface area is 147 Å². The SMILES string of the molecule is CC(I)(C(=O)OCc1ccc2cc(O)ccc2c1)C1N[I-]1. The average molecular weight is 510 g/mol. The van der Waals surface area contributed by atoms with Crippen LogP contribution in [0.25, 0.3) is 10.8 Å². The van der Waals surface area contributed by atoms with Crippen molar-refractivity contribution in [2.45, 2.75) is 21.0 Å². The van der Waals surface area contributed by atoms with Crippen molar-refractivity contribution in [3.63, 3.8) is 0 Å². The zero-order valence-electron chi connectivity index (χ0n) is 11.3. The summed E-state index contributed by atoms with van der Waals surface area (Å²) in [6, 6.07) is 11.1. The number of nitrogens with one attached hydrogen (secondary N) is 1. The first kappa shape index (κ1) is 15.3. The molecule has 21 heavy (non-hydrogen) atoms. The number of benzene rings is 2. The molecule has 1 aliphatic rings. The molecule has 4 nitrogen and oxygen atoms in total. The van der Waals surface area contributed by atoms with Crippen molar-refractivity contribution in [1.29, 1.82) is 0 Å². The fraction of sp³-hybridized carbons (Fsp3) is 0.267. The number of halogens is 2. The Hall–Kier alpha value is -0.610. The molecule has 0 aliphatic carbocycles. The van der Waals surface area contributed by atoms with Crippen LogP contribution < -0.4 is 25.0 Å². The van der Waals surface area contributed by atoms with E-state index in [0.29, 0.717) is 4.05 Å². The van der Waals surface area contributed by atoms with Crippen molar-refractivity contribution in [2.75, 3.05) is 0 Å². The van der Waals surface area contributed by atoms with Gasteiger partial charge in [-0.3, -0.25) is 0 Å². The molecule has 2 atom stereocenters. The number of carbonyl (C=O) groups is 1. The third-order valence-electron chi connectivity index (χ3n) is 3.35. The van der Waals surface area contributed by atoms with Gasteiger partial charge in [-0.05, 0) is 0 Å². The Bertz CT molecular complexity index is 698. The Morgan fingerprint density at radius 1 is 1.38 bits per heavy atom. The molecule has 0 spiro atoms. The van der Waals surface area contributed by atoms with Gasteiger partial charge < -0.3 is 0 Å². The topological polar surface area (TPSA) is 68.5 Å². The van der Waals surface area contributed by atoms with E-state index in [9.17, 15) is 9.90 Å². The van der Waals surface area contributed by atoms with E-state index >= 15 is 0 Å². The summed E-state index contributed by atoms with van der Waals surface area (Å²) in [7, 11) is 0. The average Bonchev–Trinajstić information content (AvgIpc) is 3.29. The number of aromatic hydroxyl groups is 1. The van der Waals surface area contributed by atoms with Gasteiger partial charge in [-0.1, -0.05) is 0 Å². The molecule has 1 fully saturated rings. The van der Waals surface area contributed by atoms with Gasteiger partial charge in [0.05, 0.1) is 0 Å². The molecular weight excluding hydrogens is 496 g/mol. The number of ether oxygens (including phenoxy) is 1. The second-order valence-corrected chi connectivity index (χ2v) is 9.83. The standard InChI is InChI=1S/C15H14I2NO3/c1-15(16,13-17-18-13)14(20)21-8-9-2-3-11-7-12(19)5-4-10(11)6-9/h2-7,13,18-19H,8H2,1H3/q-1. The summed E-state index contributed by atoms with van der Waals surface area (Å²) < 4.78 is 8.57. The second-order valence-electron chi connectivity index (χ2n) is 5.10. The molecule has 1 saturated heterocycles. The molecule has 3 rings (SSSR count). The first-order valence-corrected chi connectivity index (χ1v) is 9.83. The van der Waals surface area contributed by atoms with Crippen LogP contribution in [-0.4, -0.2) is 18.5 Å². The van der Waals surface area contributed by atoms with Crippen LogP contribution in [-0.2, 0) is 16.1 Å². The summed E-state index contributed by atoms with van der Waals surface area (Å²) in [5, 5.41) is 11.4. The van der Waals surface area contributed by atoms with E-state index in [1.54, 1.807) is 12.1 Å². The van der Waals surface area contributed by atoms with Crippen LogP contribution >= 0.6 is 22.6 Å². The number of hydrogen-bond donors (Lipinski definition) is 2. The quantitative estimate of drug-likeness (QED) is 0.148. The summed E-state index contributed by atoms with van der Waals surface area (Å²) >= 11 is 2.15. The van der Waals surface area contributed by atoms with Gasteiger partial charge in [0, 0.05) is 0 Å². The number of phenolic OH excluding ortho intramolecular Hbond substituents is 1. The Kier molecular flexibility index (Phi) is 4.28. The molecule has 2 aromatic carbocycles. The van der Waals surface area contributed by atoms with E-state index in [2.05, 4.69) is 26.1 Å². The fourth-order valence-corrected chi connectivity index (χ4v) is 5.34. The minimum atomic E-state index is -0.465. The van der Waals surface area contributed by atoms with Gasteiger partial charge in [0.2, 0.25) is 0 Å². The molecule has 1 aliphatic heterocycles. The molecule has 0 aromatic heterocycles. The zero-order valence-corrected chi connectivity index (χ0v) is 15.6. The summed E-state index contributed by atoms with van der Waals surface area (Å²) in [6.45, 7) is 2.20. The van der Waals surface area contributed by atoms with Crippen LogP contribution in [0.1, 0.15) is 12.5 Å². The third kappa shape index (κ3) is 3.42. The van der Waals surface area contributed by atoms with Crippen molar-refractivity contribution < 1.29 is 36.1 Å². The third-order valence-corrected chi connectivity index (χ3v) is 8.10. The molecule has 6 heteroatoms. The maximum absolute atomic E-state index is 12.1. The number of alkyl halides is 2. The van der Waals surface area contributed by atoms with E-state index in [0.717, 1.165) is 16.3 Å². The molecule has 0 amide bonds. The summed E-state index contributed by atoms with van der Waals surface area (Å²) in [5.41, 5.74) is 0.951. The van der Waals surface area contributed by atoms with E-state index < -0.39 is 3.42 Å². The normalized spacial score (nSPS) is 20.4. The van der Waals surface area contributed by atoms with Gasteiger partial charge in [-0.15, -0.1) is 0 Å². The fourth-order valence-electron chi connectivity index (χ4n) is 2.00. The van der Waals surface area contributed by atoms with Gasteiger partial charge >= 0.3 is 148 Å². The van der Waals surface area contributed by atoms with Gasteiger partial charge in [-0.2, -0.15) is 0 Å². The first-order chi connectivity index (χ1) is 9.96. The monoisotopic (exact) mass is 510 g/mol. The van der Waals surface area contributed by atoms with E-state index in [1.165, 1.54) is 0 Å². The van der Waals surface area contributed by atoms with E-state index in [-0.39, 0.29) is 39.8 Å². The first-order valence-electron chi connectivity index (χ1n) is 6.42. The second kappa shape index (κ2) is 5.88. The molecule has 2 N–H and O–H groups in total. The van der Waals surface area contributed by atoms with Crippen LogP contribution in [0.2, 0.25) is 0 Å². The Morgan fingerprint density at radius 3 is 2.76 bits per heavy atom. The number of carbonyl (C=O) groups excluding carboxylic acids is 1. The van der Waals surface area contributed by atoms with Gasteiger partial charge in [-0.25, -0.2) is 0 Å². The molecule has 2 unspecified atom stereocenters. The van der Waals surface area contributed by atoms with Gasteiger partial charge in [0.1, 0.15) is 0 Å². The summed E-state index contributed by atoms with van der Waals surface area (Å²) in [5.74, 6) is 0.0891. The number of fused-ring (bicyclic) bond motifs is 1. The molecule has 1 heterocycles. The molecular formula is C15H14I2NO3-. The van der Waals surface area contributed by atoms with Crippen LogP contribution in [0.5, 0.6) is 5.75 Å². The minimum absolute atomic E-state index is 0.0251. The van der Waals surface area contributed by atoms with Gasteiger partial charge in [0.25, 0.3) is 0 Å². The summed E-state index contributed by atoms with van der Waals surface area (Å²) in [6.07, 6.45) is 0. The maximum atomic E-state index is 12.1. The van der Waals surface area contributed by atoms with Crippen molar-refractivity contribution in [2.24, 2.45) is 0 Å². The Balaban J connectivity index is 1.70. The van der Waals surface area contributed by atoms with Crippen LogP contribution in [0.3, 0.4) is 0 Å². The van der Waals surface area contributed by atoms with Crippen molar-refractivity contribution in [1.82, 2.24) is 3.53 Å². The number of rotatable bonds is 4. The van der Waals surface area contributed by atoms with E-state index in [4.69, 9.17) is 4.74 Å². The number of phenols is 1. The molecule has 0 radical (unpaired) electrons. The Morgan fingerprint density at radius 2 is 2.05 bits per heavy atom. The van der Waals surface area contributed by atoms with Crippen molar-refractivity contribution in [3.8, 4) is 5.75 Å². The molecule has 2 aromatic rings. The predicted octanol–water partition coefficient (Wildman–Crippen LogP) is -0.284. The summed E-state index contributed by atoms with van der Waals surface area (Å²) in [4.78, 5) is 12.1.